The molecule has 0 aliphatic carbocycles. The molecular formula is C35H40N4O5. The van der Waals surface area contributed by atoms with E-state index in [9.17, 15) is 19.5 Å². The number of benzene rings is 3. The Kier molecular flexibility index (Phi) is 9.96. The van der Waals surface area contributed by atoms with E-state index in [1.165, 1.54) is 7.11 Å². The van der Waals surface area contributed by atoms with E-state index in [1.807, 2.05) is 72.9 Å². The van der Waals surface area contributed by atoms with Gasteiger partial charge in [-0.2, -0.15) is 0 Å². The van der Waals surface area contributed by atoms with Crippen molar-refractivity contribution in [2.75, 3.05) is 33.3 Å². The number of nitrogens with one attached hydrogen (secondary N) is 3. The minimum atomic E-state index is -1.09. The second kappa shape index (κ2) is 14.2. The number of hydrogen-bond acceptors (Lipinski definition) is 6. The van der Waals surface area contributed by atoms with Crippen molar-refractivity contribution in [2.24, 2.45) is 0 Å². The molecule has 1 unspecified atom stereocenters. The number of phenols is 1. The third-order valence-electron chi connectivity index (χ3n) is 8.55. The van der Waals surface area contributed by atoms with Crippen molar-refractivity contribution in [1.82, 2.24) is 20.5 Å². The van der Waals surface area contributed by atoms with E-state index in [2.05, 4.69) is 20.5 Å². The number of aryl methyl sites for hydroxylation is 1. The number of ether oxygens (including phenoxy) is 1. The molecule has 1 aliphatic rings. The topological polar surface area (TPSA) is 124 Å². The molecule has 1 atom stereocenters. The van der Waals surface area contributed by atoms with Crippen molar-refractivity contribution in [3.63, 3.8) is 0 Å². The molecule has 0 radical (unpaired) electrons. The first-order valence-electron chi connectivity index (χ1n) is 15.1. The molecule has 2 heterocycles. The summed E-state index contributed by atoms with van der Waals surface area (Å²) < 4.78 is 5.14. The van der Waals surface area contributed by atoms with Gasteiger partial charge < -0.3 is 30.4 Å². The monoisotopic (exact) mass is 596 g/mol. The molecule has 0 spiro atoms. The summed E-state index contributed by atoms with van der Waals surface area (Å²) in [6, 6.07) is 24.7. The number of aromatic hydroxyl groups is 1. The van der Waals surface area contributed by atoms with E-state index in [-0.39, 0.29) is 24.0 Å². The molecule has 230 valence electrons. The number of amides is 2. The molecule has 5 rings (SSSR count). The lowest BCUT2D eigenvalue weighted by molar-refractivity contribution is -0.153. The van der Waals surface area contributed by atoms with Crippen LogP contribution in [0.3, 0.4) is 0 Å². The maximum atomic E-state index is 13.6. The SMILES string of the molecule is COC(=O)C1(NC(=O)CCc2ccccc2)CCN(CC(C(=O)NCCc2c[nH]c3ccc(O)cc23)c2ccccc2)CC1. The largest absolute Gasteiger partial charge is 0.508 e. The van der Waals surface area contributed by atoms with Crippen LogP contribution in [0.4, 0.5) is 0 Å². The van der Waals surface area contributed by atoms with Crippen LogP contribution >= 0.6 is 0 Å². The summed E-state index contributed by atoms with van der Waals surface area (Å²) in [6.07, 6.45) is 4.19. The highest BCUT2D eigenvalue weighted by atomic mass is 16.5. The number of aromatic amines is 1. The smallest absolute Gasteiger partial charge is 0.331 e. The van der Waals surface area contributed by atoms with Gasteiger partial charge in [0.25, 0.3) is 0 Å². The van der Waals surface area contributed by atoms with Crippen LogP contribution in [0, 0.1) is 0 Å². The fourth-order valence-electron chi connectivity index (χ4n) is 6.02. The van der Waals surface area contributed by atoms with Crippen LogP contribution in [0.15, 0.2) is 85.1 Å². The fourth-order valence-corrected chi connectivity index (χ4v) is 6.02. The number of aromatic nitrogens is 1. The normalized spacial score (nSPS) is 15.4. The van der Waals surface area contributed by atoms with Gasteiger partial charge in [0.05, 0.1) is 13.0 Å². The first-order chi connectivity index (χ1) is 21.4. The number of piperidine rings is 1. The summed E-state index contributed by atoms with van der Waals surface area (Å²) in [5, 5.41) is 16.9. The van der Waals surface area contributed by atoms with Crippen LogP contribution in [0.2, 0.25) is 0 Å². The second-order valence-electron chi connectivity index (χ2n) is 11.5. The third-order valence-corrected chi connectivity index (χ3v) is 8.55. The molecule has 9 heteroatoms. The number of H-pyrrole nitrogens is 1. The quantitative estimate of drug-likeness (QED) is 0.183. The van der Waals surface area contributed by atoms with Gasteiger partial charge in [0, 0.05) is 49.7 Å². The van der Waals surface area contributed by atoms with E-state index in [1.54, 1.807) is 12.1 Å². The molecule has 4 aromatic rings. The molecule has 1 fully saturated rings. The van der Waals surface area contributed by atoms with Gasteiger partial charge in [0.2, 0.25) is 11.8 Å². The minimum absolute atomic E-state index is 0.0714. The lowest BCUT2D eigenvalue weighted by Gasteiger charge is -2.41. The molecule has 44 heavy (non-hydrogen) atoms. The average molecular weight is 597 g/mol. The van der Waals surface area contributed by atoms with Crippen LogP contribution in [0.1, 0.15) is 41.9 Å². The predicted octanol–water partition coefficient (Wildman–Crippen LogP) is 4.07. The van der Waals surface area contributed by atoms with Crippen LogP contribution in [-0.2, 0) is 32.0 Å². The zero-order valence-corrected chi connectivity index (χ0v) is 25.1. The summed E-state index contributed by atoms with van der Waals surface area (Å²) in [4.78, 5) is 44.8. The maximum Gasteiger partial charge on any atom is 0.331 e. The summed E-state index contributed by atoms with van der Waals surface area (Å²) >= 11 is 0. The Labute approximate surface area is 257 Å². The highest BCUT2D eigenvalue weighted by Crippen LogP contribution is 2.27. The van der Waals surface area contributed by atoms with Gasteiger partial charge in [-0.25, -0.2) is 4.79 Å². The summed E-state index contributed by atoms with van der Waals surface area (Å²) in [6.45, 7) is 1.99. The van der Waals surface area contributed by atoms with Crippen LogP contribution < -0.4 is 10.6 Å². The summed E-state index contributed by atoms with van der Waals surface area (Å²) in [5.74, 6) is -0.893. The molecule has 1 aromatic heterocycles. The average Bonchev–Trinajstić information content (AvgIpc) is 3.45. The Morgan fingerprint density at radius 1 is 0.977 bits per heavy atom. The summed E-state index contributed by atoms with van der Waals surface area (Å²) in [5.41, 5.74) is 2.86. The first kappa shape index (κ1) is 30.8. The number of hydrogen-bond donors (Lipinski definition) is 4. The van der Waals surface area contributed by atoms with Gasteiger partial charge in [-0.3, -0.25) is 9.59 Å². The number of carbonyl (C=O) groups excluding carboxylic acids is 3. The number of fused-ring (bicyclic) bond motifs is 1. The molecule has 1 saturated heterocycles. The molecule has 4 N–H and O–H groups in total. The Balaban J connectivity index is 1.20. The standard InChI is InChI=1S/C35H40N4O5/c1-44-34(43)35(38-32(41)15-12-25-8-4-2-5-9-25)17-20-39(21-18-35)24-30(26-10-6-3-7-11-26)33(42)36-19-16-27-23-37-31-14-13-28(40)22-29(27)31/h2-11,13-14,22-23,30,37,40H,12,15-21,24H2,1H3,(H,36,42)(H,38,41). The van der Waals surface area contributed by atoms with Crippen molar-refractivity contribution < 1.29 is 24.2 Å². The van der Waals surface area contributed by atoms with E-state index in [4.69, 9.17) is 4.74 Å². The van der Waals surface area contributed by atoms with Gasteiger partial charge in [0.1, 0.15) is 11.3 Å². The molecular weight excluding hydrogens is 556 g/mol. The Hall–Kier alpha value is -4.63. The maximum absolute atomic E-state index is 13.6. The second-order valence-corrected chi connectivity index (χ2v) is 11.5. The highest BCUT2D eigenvalue weighted by molar-refractivity contribution is 5.88. The number of phenolic OH excluding ortho intramolecular Hbond substituents is 1. The van der Waals surface area contributed by atoms with E-state index in [0.717, 1.165) is 27.6 Å². The lowest BCUT2D eigenvalue weighted by Crippen LogP contribution is -2.60. The van der Waals surface area contributed by atoms with Gasteiger partial charge in [-0.15, -0.1) is 0 Å². The van der Waals surface area contributed by atoms with Gasteiger partial charge >= 0.3 is 5.97 Å². The highest BCUT2D eigenvalue weighted by Gasteiger charge is 2.44. The Bertz CT molecular complexity index is 1560. The number of nitrogens with zero attached hydrogens (tertiary/aromatic N) is 1. The number of rotatable bonds is 12. The number of methoxy groups -OCH3 is 1. The van der Waals surface area contributed by atoms with Gasteiger partial charge in [-0.05, 0) is 60.6 Å². The van der Waals surface area contributed by atoms with Crippen molar-refractivity contribution in [3.05, 3.63) is 102 Å². The zero-order valence-electron chi connectivity index (χ0n) is 25.1. The zero-order chi connectivity index (χ0) is 30.9. The van der Waals surface area contributed by atoms with Crippen LogP contribution in [0.5, 0.6) is 5.75 Å². The van der Waals surface area contributed by atoms with Crippen molar-refractivity contribution >= 4 is 28.7 Å². The predicted molar refractivity (Wildman–Crippen MR) is 169 cm³/mol. The van der Waals surface area contributed by atoms with E-state index < -0.39 is 17.4 Å². The van der Waals surface area contributed by atoms with Crippen molar-refractivity contribution in [1.29, 1.82) is 0 Å². The van der Waals surface area contributed by atoms with E-state index >= 15 is 0 Å². The minimum Gasteiger partial charge on any atom is -0.508 e. The Morgan fingerprint density at radius 2 is 1.68 bits per heavy atom. The van der Waals surface area contributed by atoms with E-state index in [0.29, 0.717) is 51.9 Å². The molecule has 0 saturated carbocycles. The fraction of sp³-hybridized carbons (Fsp3) is 0.343. The Morgan fingerprint density at radius 3 is 2.39 bits per heavy atom. The van der Waals surface area contributed by atoms with Gasteiger partial charge in [0.15, 0.2) is 0 Å². The number of carbonyl (C=O) groups is 3. The number of esters is 1. The third kappa shape index (κ3) is 7.47. The molecule has 2 amide bonds. The molecule has 1 aliphatic heterocycles. The lowest BCUT2D eigenvalue weighted by atomic mass is 9.86. The van der Waals surface area contributed by atoms with Gasteiger partial charge in [-0.1, -0.05) is 60.7 Å². The number of likely N-dealkylation sites (tertiary alicyclic amines) is 1. The van der Waals surface area contributed by atoms with Crippen molar-refractivity contribution in [2.45, 2.75) is 43.6 Å². The summed E-state index contributed by atoms with van der Waals surface area (Å²) in [7, 11) is 1.35. The molecule has 3 aromatic carbocycles. The van der Waals surface area contributed by atoms with Crippen molar-refractivity contribution in [3.8, 4) is 5.75 Å². The van der Waals surface area contributed by atoms with Crippen LogP contribution in [-0.4, -0.2) is 71.6 Å². The van der Waals surface area contributed by atoms with Crippen LogP contribution in [0.25, 0.3) is 10.9 Å². The first-order valence-corrected chi connectivity index (χ1v) is 15.1. The molecule has 9 nitrogen and oxygen atoms in total. The molecule has 0 bridgehead atoms.